The first-order valence-electron chi connectivity index (χ1n) is 8.86. The van der Waals surface area contributed by atoms with Crippen LogP contribution in [0.15, 0.2) is 24.3 Å². The lowest BCUT2D eigenvalue weighted by Gasteiger charge is -2.45. The summed E-state index contributed by atoms with van der Waals surface area (Å²) >= 11 is 0. The van der Waals surface area contributed by atoms with Gasteiger partial charge in [0.15, 0.2) is 0 Å². The summed E-state index contributed by atoms with van der Waals surface area (Å²) in [5.74, 6) is 0.304. The van der Waals surface area contributed by atoms with Crippen LogP contribution in [0.5, 0.6) is 0 Å². The van der Waals surface area contributed by atoms with Crippen molar-refractivity contribution in [2.75, 3.05) is 0 Å². The minimum atomic E-state index is 0.0621. The highest BCUT2D eigenvalue weighted by Crippen LogP contribution is 2.36. The SMILES string of the molecule is CCc1ccc(C2C(N)CCC(=O)N2C2CCCCC2)cc1. The summed E-state index contributed by atoms with van der Waals surface area (Å²) in [7, 11) is 0. The Hall–Kier alpha value is -1.35. The lowest BCUT2D eigenvalue weighted by molar-refractivity contribution is -0.141. The molecule has 1 aromatic carbocycles. The van der Waals surface area contributed by atoms with Crippen molar-refractivity contribution in [3.63, 3.8) is 0 Å². The van der Waals surface area contributed by atoms with Crippen LogP contribution in [0.2, 0.25) is 0 Å². The van der Waals surface area contributed by atoms with Crippen molar-refractivity contribution in [3.05, 3.63) is 35.4 Å². The molecule has 0 spiro atoms. The molecule has 0 aromatic heterocycles. The molecule has 2 N–H and O–H groups in total. The van der Waals surface area contributed by atoms with Crippen LogP contribution >= 0.6 is 0 Å². The second-order valence-corrected chi connectivity index (χ2v) is 6.84. The molecule has 3 nitrogen and oxygen atoms in total. The summed E-state index contributed by atoms with van der Waals surface area (Å²) in [5, 5.41) is 0. The van der Waals surface area contributed by atoms with Crippen LogP contribution in [0.25, 0.3) is 0 Å². The van der Waals surface area contributed by atoms with Crippen LogP contribution in [-0.2, 0) is 11.2 Å². The molecular weight excluding hydrogens is 272 g/mol. The van der Waals surface area contributed by atoms with Gasteiger partial charge >= 0.3 is 0 Å². The number of amides is 1. The number of piperidine rings is 1. The van der Waals surface area contributed by atoms with E-state index in [-0.39, 0.29) is 12.1 Å². The van der Waals surface area contributed by atoms with Gasteiger partial charge in [-0.25, -0.2) is 0 Å². The van der Waals surface area contributed by atoms with E-state index < -0.39 is 0 Å². The second kappa shape index (κ2) is 6.82. The Morgan fingerprint density at radius 3 is 2.41 bits per heavy atom. The molecule has 0 bridgehead atoms. The molecule has 1 aromatic rings. The third kappa shape index (κ3) is 3.05. The summed E-state index contributed by atoms with van der Waals surface area (Å²) < 4.78 is 0. The highest BCUT2D eigenvalue weighted by molar-refractivity contribution is 5.78. The molecule has 2 unspecified atom stereocenters. The minimum Gasteiger partial charge on any atom is -0.331 e. The molecule has 0 radical (unpaired) electrons. The smallest absolute Gasteiger partial charge is 0.223 e. The van der Waals surface area contributed by atoms with Crippen LogP contribution in [0, 0.1) is 0 Å². The van der Waals surface area contributed by atoms with E-state index >= 15 is 0 Å². The van der Waals surface area contributed by atoms with Gasteiger partial charge in [-0.15, -0.1) is 0 Å². The fourth-order valence-electron chi connectivity index (χ4n) is 4.09. The standard InChI is InChI=1S/C19H28N2O/c1-2-14-8-10-15(11-9-14)19-17(20)12-13-18(22)21(19)16-6-4-3-5-7-16/h8-11,16-17,19H,2-7,12-13,20H2,1H3. The van der Waals surface area contributed by atoms with Crippen molar-refractivity contribution >= 4 is 5.91 Å². The van der Waals surface area contributed by atoms with Gasteiger partial charge in [0.25, 0.3) is 0 Å². The van der Waals surface area contributed by atoms with Gasteiger partial charge in [-0.2, -0.15) is 0 Å². The zero-order chi connectivity index (χ0) is 15.5. The summed E-state index contributed by atoms with van der Waals surface area (Å²) in [6, 6.07) is 9.24. The summed E-state index contributed by atoms with van der Waals surface area (Å²) in [6.07, 6.45) is 8.53. The molecule has 1 aliphatic carbocycles. The maximum Gasteiger partial charge on any atom is 0.223 e. The van der Waals surface area contributed by atoms with E-state index in [1.54, 1.807) is 0 Å². The van der Waals surface area contributed by atoms with Crippen LogP contribution in [0.3, 0.4) is 0 Å². The summed E-state index contributed by atoms with van der Waals surface area (Å²) in [4.78, 5) is 14.8. The number of hydrogen-bond donors (Lipinski definition) is 1. The molecule has 3 heteroatoms. The van der Waals surface area contributed by atoms with Crippen LogP contribution in [0.1, 0.15) is 69.0 Å². The van der Waals surface area contributed by atoms with Crippen molar-refractivity contribution in [2.24, 2.45) is 5.73 Å². The average molecular weight is 300 g/mol. The fraction of sp³-hybridized carbons (Fsp3) is 0.632. The fourth-order valence-corrected chi connectivity index (χ4v) is 4.09. The average Bonchev–Trinajstić information content (AvgIpc) is 2.57. The first-order valence-corrected chi connectivity index (χ1v) is 8.86. The molecular formula is C19H28N2O. The topological polar surface area (TPSA) is 46.3 Å². The molecule has 1 aliphatic heterocycles. The molecule has 2 fully saturated rings. The molecule has 1 heterocycles. The van der Waals surface area contributed by atoms with E-state index in [0.29, 0.717) is 18.4 Å². The molecule has 120 valence electrons. The number of benzene rings is 1. The van der Waals surface area contributed by atoms with Gasteiger partial charge in [-0.05, 0) is 36.8 Å². The first-order chi connectivity index (χ1) is 10.7. The first kappa shape index (κ1) is 15.5. The molecule has 2 atom stereocenters. The number of carbonyl (C=O) groups is 1. The number of carbonyl (C=O) groups excluding carboxylic acids is 1. The second-order valence-electron chi connectivity index (χ2n) is 6.84. The number of likely N-dealkylation sites (tertiary alicyclic amines) is 1. The van der Waals surface area contributed by atoms with Crippen LogP contribution in [0.4, 0.5) is 0 Å². The zero-order valence-electron chi connectivity index (χ0n) is 13.6. The van der Waals surface area contributed by atoms with E-state index in [9.17, 15) is 4.79 Å². The molecule has 1 saturated carbocycles. The Labute approximate surface area is 133 Å². The largest absolute Gasteiger partial charge is 0.331 e. The number of aryl methyl sites for hydroxylation is 1. The summed E-state index contributed by atoms with van der Waals surface area (Å²) in [6.45, 7) is 2.17. The van der Waals surface area contributed by atoms with Gasteiger partial charge in [-0.3, -0.25) is 4.79 Å². The monoisotopic (exact) mass is 300 g/mol. The van der Waals surface area contributed by atoms with Gasteiger partial charge in [0, 0.05) is 18.5 Å². The molecule has 1 amide bonds. The normalized spacial score (nSPS) is 27.2. The van der Waals surface area contributed by atoms with Crippen LogP contribution < -0.4 is 5.73 Å². The third-order valence-electron chi connectivity index (χ3n) is 5.38. The Kier molecular flexibility index (Phi) is 4.82. The predicted molar refractivity (Wildman–Crippen MR) is 89.5 cm³/mol. The van der Waals surface area contributed by atoms with E-state index in [1.165, 1.54) is 30.4 Å². The van der Waals surface area contributed by atoms with Gasteiger partial charge < -0.3 is 10.6 Å². The van der Waals surface area contributed by atoms with E-state index in [1.807, 2.05) is 0 Å². The highest BCUT2D eigenvalue weighted by atomic mass is 16.2. The third-order valence-corrected chi connectivity index (χ3v) is 5.38. The minimum absolute atomic E-state index is 0.0621. The number of hydrogen-bond acceptors (Lipinski definition) is 2. The number of nitrogens with zero attached hydrogens (tertiary/aromatic N) is 1. The molecule has 22 heavy (non-hydrogen) atoms. The van der Waals surface area contributed by atoms with Crippen molar-refractivity contribution in [3.8, 4) is 0 Å². The highest BCUT2D eigenvalue weighted by Gasteiger charge is 2.39. The zero-order valence-corrected chi connectivity index (χ0v) is 13.6. The molecule has 3 rings (SSSR count). The Balaban J connectivity index is 1.89. The lowest BCUT2D eigenvalue weighted by atomic mass is 9.85. The number of nitrogens with two attached hydrogens (primary N) is 1. The van der Waals surface area contributed by atoms with E-state index in [4.69, 9.17) is 5.73 Å². The van der Waals surface area contributed by atoms with Crippen molar-refractivity contribution in [1.29, 1.82) is 0 Å². The number of rotatable bonds is 3. The van der Waals surface area contributed by atoms with Gasteiger partial charge in [-0.1, -0.05) is 50.5 Å². The van der Waals surface area contributed by atoms with Crippen molar-refractivity contribution in [1.82, 2.24) is 4.90 Å². The Morgan fingerprint density at radius 1 is 1.09 bits per heavy atom. The van der Waals surface area contributed by atoms with E-state index in [2.05, 4.69) is 36.1 Å². The summed E-state index contributed by atoms with van der Waals surface area (Å²) in [5.41, 5.74) is 9.00. The maximum absolute atomic E-state index is 12.6. The van der Waals surface area contributed by atoms with E-state index in [0.717, 1.165) is 25.7 Å². The quantitative estimate of drug-likeness (QED) is 0.927. The molecule has 1 saturated heterocycles. The van der Waals surface area contributed by atoms with Crippen molar-refractivity contribution in [2.45, 2.75) is 76.4 Å². The predicted octanol–water partition coefficient (Wildman–Crippen LogP) is 3.57. The molecule has 2 aliphatic rings. The lowest BCUT2D eigenvalue weighted by Crippen LogP contribution is -2.53. The Morgan fingerprint density at radius 2 is 1.77 bits per heavy atom. The Bertz CT molecular complexity index is 505. The van der Waals surface area contributed by atoms with Gasteiger partial charge in [0.1, 0.15) is 0 Å². The van der Waals surface area contributed by atoms with Gasteiger partial charge in [0.2, 0.25) is 5.91 Å². The van der Waals surface area contributed by atoms with Crippen LogP contribution in [-0.4, -0.2) is 22.9 Å². The van der Waals surface area contributed by atoms with Crippen molar-refractivity contribution < 1.29 is 4.79 Å². The maximum atomic E-state index is 12.6. The van der Waals surface area contributed by atoms with Gasteiger partial charge in [0.05, 0.1) is 6.04 Å².